The molecule has 4 heteroatoms. The molecule has 3 rings (SSSR count). The van der Waals surface area contributed by atoms with Crippen LogP contribution in [0.1, 0.15) is 49.7 Å². The molecule has 0 amide bonds. The monoisotopic (exact) mass is 384 g/mol. The van der Waals surface area contributed by atoms with Crippen LogP contribution in [-0.2, 0) is 22.3 Å². The zero-order valence-electron chi connectivity index (χ0n) is 16.1. The maximum atomic E-state index is 5.90. The molecule has 2 aromatic carbocycles. The van der Waals surface area contributed by atoms with Gasteiger partial charge in [-0.25, -0.2) is 0 Å². The molecule has 0 bridgehead atoms. The topological polar surface area (TPSA) is 27.7 Å². The van der Waals surface area contributed by atoms with Crippen molar-refractivity contribution in [2.75, 3.05) is 13.2 Å². The van der Waals surface area contributed by atoms with Crippen molar-refractivity contribution in [3.05, 3.63) is 65.2 Å². The predicted molar refractivity (Wildman–Crippen MR) is 112 cm³/mol. The van der Waals surface area contributed by atoms with Crippen molar-refractivity contribution in [2.45, 2.75) is 45.8 Å². The average Bonchev–Trinajstić information content (AvgIpc) is 2.73. The molecule has 0 N–H and O–H groups in total. The summed E-state index contributed by atoms with van der Waals surface area (Å²) in [5, 5.41) is 0.521. The number of hydrogen-bond donors (Lipinski definition) is 0. The first-order valence-electron chi connectivity index (χ1n) is 9.82. The molecule has 1 saturated heterocycles. The molecule has 1 aliphatic heterocycles. The van der Waals surface area contributed by atoms with Gasteiger partial charge >= 0.3 is 0 Å². The Morgan fingerprint density at radius 2 is 1.59 bits per heavy atom. The largest absolute Gasteiger partial charge is 0.450 e. The number of unbranched alkanes of at least 4 members (excludes halogenated alkanes) is 1. The van der Waals surface area contributed by atoms with Crippen LogP contribution in [0, 0.1) is 5.92 Å². The molecule has 144 valence electrons. The van der Waals surface area contributed by atoms with Gasteiger partial charge in [-0.05, 0) is 54.7 Å². The van der Waals surface area contributed by atoms with Gasteiger partial charge in [0.25, 0.3) is 0 Å². The highest BCUT2D eigenvalue weighted by atomic mass is 32.1. The summed E-state index contributed by atoms with van der Waals surface area (Å²) in [6, 6.07) is 16.6. The smallest absolute Gasteiger partial charge is 0.183 e. The van der Waals surface area contributed by atoms with E-state index in [1.54, 1.807) is 0 Å². The highest BCUT2D eigenvalue weighted by Crippen LogP contribution is 2.27. The third kappa shape index (κ3) is 5.61. The van der Waals surface area contributed by atoms with Crippen LogP contribution in [0.25, 0.3) is 0 Å². The Kier molecular flexibility index (Phi) is 7.39. The Labute approximate surface area is 167 Å². The Hall–Kier alpha value is -1.75. The van der Waals surface area contributed by atoms with Crippen molar-refractivity contribution >= 4 is 17.3 Å². The minimum absolute atomic E-state index is 0.0362. The number of thiocarbonyl (C=S) groups is 1. The van der Waals surface area contributed by atoms with Gasteiger partial charge in [0.05, 0.1) is 19.1 Å². The van der Waals surface area contributed by atoms with Crippen molar-refractivity contribution in [3.8, 4) is 5.75 Å². The third-order valence-corrected chi connectivity index (χ3v) is 5.27. The Balaban J connectivity index is 1.49. The van der Waals surface area contributed by atoms with Crippen molar-refractivity contribution in [1.29, 1.82) is 0 Å². The van der Waals surface area contributed by atoms with E-state index >= 15 is 0 Å². The molecular weight excluding hydrogens is 356 g/mol. The van der Waals surface area contributed by atoms with Crippen LogP contribution in [0.3, 0.4) is 0 Å². The quantitative estimate of drug-likeness (QED) is 0.576. The lowest BCUT2D eigenvalue weighted by Crippen LogP contribution is -2.34. The van der Waals surface area contributed by atoms with Gasteiger partial charge in [-0.3, -0.25) is 0 Å². The third-order valence-electron chi connectivity index (χ3n) is 4.85. The molecule has 1 heterocycles. The normalized spacial score (nSPS) is 19.6. The minimum atomic E-state index is -0.326. The Bertz CT molecular complexity index is 716. The molecule has 1 aliphatic rings. The number of rotatable bonds is 7. The lowest BCUT2D eigenvalue weighted by molar-refractivity contribution is -0.195. The number of benzene rings is 2. The zero-order chi connectivity index (χ0) is 19.1. The summed E-state index contributed by atoms with van der Waals surface area (Å²) in [6.07, 6.45) is 4.23. The van der Waals surface area contributed by atoms with Crippen LogP contribution < -0.4 is 4.74 Å². The molecule has 2 aromatic rings. The number of ether oxygens (including phenoxy) is 3. The lowest BCUT2D eigenvalue weighted by atomic mass is 10.1. The first-order valence-corrected chi connectivity index (χ1v) is 10.2. The summed E-state index contributed by atoms with van der Waals surface area (Å²) < 4.78 is 17.6. The number of aryl methyl sites for hydroxylation is 2. The van der Waals surface area contributed by atoms with E-state index in [0.717, 1.165) is 24.2 Å². The van der Waals surface area contributed by atoms with Gasteiger partial charge in [0.1, 0.15) is 5.75 Å². The first-order chi connectivity index (χ1) is 13.2. The maximum Gasteiger partial charge on any atom is 0.183 e. The van der Waals surface area contributed by atoms with Crippen molar-refractivity contribution in [1.82, 2.24) is 0 Å². The fourth-order valence-corrected chi connectivity index (χ4v) is 3.28. The van der Waals surface area contributed by atoms with Gasteiger partial charge in [0, 0.05) is 5.56 Å². The second-order valence-corrected chi connectivity index (χ2v) is 7.36. The van der Waals surface area contributed by atoms with Crippen LogP contribution in [0.2, 0.25) is 0 Å². The predicted octanol–water partition coefficient (Wildman–Crippen LogP) is 5.66. The molecule has 0 radical (unpaired) electrons. The lowest BCUT2D eigenvalue weighted by Gasteiger charge is -2.29. The fourth-order valence-electron chi connectivity index (χ4n) is 3.05. The van der Waals surface area contributed by atoms with Crippen LogP contribution in [0.4, 0.5) is 0 Å². The van der Waals surface area contributed by atoms with Crippen molar-refractivity contribution in [3.63, 3.8) is 0 Å². The van der Waals surface area contributed by atoms with Crippen LogP contribution in [-0.4, -0.2) is 18.3 Å². The van der Waals surface area contributed by atoms with Gasteiger partial charge in [0.2, 0.25) is 0 Å². The summed E-state index contributed by atoms with van der Waals surface area (Å²) >= 11 is 5.45. The first kappa shape index (κ1) is 20.0. The van der Waals surface area contributed by atoms with Crippen LogP contribution >= 0.6 is 12.2 Å². The highest BCUT2D eigenvalue weighted by molar-refractivity contribution is 7.80. The molecule has 27 heavy (non-hydrogen) atoms. The van der Waals surface area contributed by atoms with E-state index in [1.165, 1.54) is 24.0 Å². The van der Waals surface area contributed by atoms with Gasteiger partial charge in [-0.2, -0.15) is 0 Å². The van der Waals surface area contributed by atoms with Crippen LogP contribution in [0.5, 0.6) is 5.75 Å². The standard InChI is InChI=1S/C23H28O3S/c1-3-5-6-18-7-11-19(12-8-18)22-24-15-20(16-25-22)23(27)26-21-13-9-17(4-2)10-14-21/h7-14,20,22H,3-6,15-16H2,1-2H3/t20-,22-. The second kappa shape index (κ2) is 9.98. The molecule has 1 fully saturated rings. The SMILES string of the molecule is CCCCc1ccc([C@H]2OC[C@H](C(=S)Oc3ccc(CC)cc3)CO2)cc1. The molecular formula is C23H28O3S. The van der Waals surface area contributed by atoms with E-state index < -0.39 is 0 Å². The molecule has 0 spiro atoms. The minimum Gasteiger partial charge on any atom is -0.450 e. The Morgan fingerprint density at radius 3 is 2.19 bits per heavy atom. The van der Waals surface area contributed by atoms with E-state index in [0.29, 0.717) is 18.3 Å². The van der Waals surface area contributed by atoms with E-state index in [4.69, 9.17) is 26.4 Å². The van der Waals surface area contributed by atoms with E-state index in [9.17, 15) is 0 Å². The van der Waals surface area contributed by atoms with Crippen LogP contribution in [0.15, 0.2) is 48.5 Å². The van der Waals surface area contributed by atoms with Gasteiger partial charge in [-0.15, -0.1) is 0 Å². The summed E-state index contributed by atoms with van der Waals surface area (Å²) in [5.74, 6) is 0.730. The van der Waals surface area contributed by atoms with Gasteiger partial charge < -0.3 is 14.2 Å². The van der Waals surface area contributed by atoms with Gasteiger partial charge in [0.15, 0.2) is 11.3 Å². The molecule has 0 saturated carbocycles. The van der Waals surface area contributed by atoms with Crippen molar-refractivity contribution < 1.29 is 14.2 Å². The summed E-state index contributed by atoms with van der Waals surface area (Å²) in [6.45, 7) is 5.36. The molecule has 0 unspecified atom stereocenters. The number of hydrogen-bond acceptors (Lipinski definition) is 4. The molecule has 0 aliphatic carbocycles. The molecule has 3 nitrogen and oxygen atoms in total. The van der Waals surface area contributed by atoms with E-state index in [1.807, 2.05) is 12.1 Å². The average molecular weight is 385 g/mol. The summed E-state index contributed by atoms with van der Waals surface area (Å²) in [7, 11) is 0. The zero-order valence-corrected chi connectivity index (χ0v) is 17.0. The molecule has 0 aromatic heterocycles. The summed E-state index contributed by atoms with van der Waals surface area (Å²) in [4.78, 5) is 0. The van der Waals surface area contributed by atoms with E-state index in [-0.39, 0.29) is 12.2 Å². The summed E-state index contributed by atoms with van der Waals surface area (Å²) in [5.41, 5.74) is 3.69. The Morgan fingerprint density at radius 1 is 0.963 bits per heavy atom. The van der Waals surface area contributed by atoms with Gasteiger partial charge in [-0.1, -0.05) is 56.7 Å². The maximum absolute atomic E-state index is 5.90. The highest BCUT2D eigenvalue weighted by Gasteiger charge is 2.27. The molecule has 0 atom stereocenters. The van der Waals surface area contributed by atoms with E-state index in [2.05, 4.69) is 50.2 Å². The second-order valence-electron chi connectivity index (χ2n) is 6.96. The fraction of sp³-hybridized carbons (Fsp3) is 0.435. The van der Waals surface area contributed by atoms with Crippen molar-refractivity contribution in [2.24, 2.45) is 5.92 Å².